The molecule has 1 amide bonds. The van der Waals surface area contributed by atoms with Gasteiger partial charge in [-0.15, -0.1) is 21.5 Å². The summed E-state index contributed by atoms with van der Waals surface area (Å²) in [5, 5.41) is 17.4. The number of hydrogen-bond donors (Lipinski definition) is 1. The Labute approximate surface area is 217 Å². The van der Waals surface area contributed by atoms with Crippen LogP contribution in [0.2, 0.25) is 0 Å². The third-order valence-corrected chi connectivity index (χ3v) is 8.48. The zero-order valence-corrected chi connectivity index (χ0v) is 22.1. The second-order valence-electron chi connectivity index (χ2n) is 8.90. The van der Waals surface area contributed by atoms with Gasteiger partial charge < -0.3 is 14.8 Å². The van der Waals surface area contributed by atoms with E-state index >= 15 is 0 Å². The van der Waals surface area contributed by atoms with E-state index in [4.69, 9.17) is 9.47 Å². The SMILES string of the molecule is CCOC(=O)c1c(NC(=O)CSc2nnc(-c3ccn(C)n3)n2CC2CCCO2)sc2c1CCCC2. The number of ether oxygens (including phenoxy) is 2. The van der Waals surface area contributed by atoms with Crippen molar-refractivity contribution in [2.75, 3.05) is 24.3 Å². The van der Waals surface area contributed by atoms with Crippen LogP contribution < -0.4 is 5.32 Å². The minimum atomic E-state index is -0.365. The van der Waals surface area contributed by atoms with E-state index in [2.05, 4.69) is 20.6 Å². The van der Waals surface area contributed by atoms with Gasteiger partial charge in [-0.05, 0) is 57.1 Å². The zero-order chi connectivity index (χ0) is 25.1. The molecule has 10 nitrogen and oxygen atoms in total. The molecule has 1 unspecified atom stereocenters. The van der Waals surface area contributed by atoms with Crippen molar-refractivity contribution in [3.8, 4) is 11.5 Å². The van der Waals surface area contributed by atoms with Gasteiger partial charge in [0.2, 0.25) is 5.91 Å². The van der Waals surface area contributed by atoms with Crippen molar-refractivity contribution in [3.05, 3.63) is 28.3 Å². The molecule has 5 rings (SSSR count). The van der Waals surface area contributed by atoms with E-state index in [1.54, 1.807) is 11.6 Å². The van der Waals surface area contributed by atoms with Gasteiger partial charge in [0.15, 0.2) is 11.0 Å². The molecule has 0 spiro atoms. The summed E-state index contributed by atoms with van der Waals surface area (Å²) in [5.74, 6) is 0.229. The predicted octanol–water partition coefficient (Wildman–Crippen LogP) is 3.71. The van der Waals surface area contributed by atoms with Crippen LogP contribution in [0.25, 0.3) is 11.5 Å². The number of fused-ring (bicyclic) bond motifs is 1. The van der Waals surface area contributed by atoms with Gasteiger partial charge in [0, 0.05) is 24.7 Å². The van der Waals surface area contributed by atoms with Gasteiger partial charge in [-0.2, -0.15) is 5.10 Å². The lowest BCUT2D eigenvalue weighted by atomic mass is 9.95. The molecule has 0 radical (unpaired) electrons. The van der Waals surface area contributed by atoms with Crippen LogP contribution in [-0.2, 0) is 40.7 Å². The van der Waals surface area contributed by atoms with Gasteiger partial charge in [-0.3, -0.25) is 14.0 Å². The van der Waals surface area contributed by atoms with Crippen molar-refractivity contribution in [2.45, 2.75) is 63.3 Å². The molecule has 12 heteroatoms. The van der Waals surface area contributed by atoms with Crippen LogP contribution in [0.3, 0.4) is 0 Å². The highest BCUT2D eigenvalue weighted by Crippen LogP contribution is 2.39. The van der Waals surface area contributed by atoms with Crippen LogP contribution in [0.15, 0.2) is 17.4 Å². The monoisotopic (exact) mass is 530 g/mol. The number of carbonyl (C=O) groups is 2. The number of nitrogens with one attached hydrogen (secondary N) is 1. The number of esters is 1. The normalized spacial score (nSPS) is 17.2. The van der Waals surface area contributed by atoms with Crippen LogP contribution in [0.4, 0.5) is 5.00 Å². The van der Waals surface area contributed by atoms with Crippen molar-refractivity contribution in [3.63, 3.8) is 0 Å². The summed E-state index contributed by atoms with van der Waals surface area (Å²) in [4.78, 5) is 26.9. The van der Waals surface area contributed by atoms with Crippen molar-refractivity contribution in [1.29, 1.82) is 0 Å². The highest BCUT2D eigenvalue weighted by molar-refractivity contribution is 7.99. The number of aromatic nitrogens is 5. The van der Waals surface area contributed by atoms with Crippen LogP contribution in [0, 0.1) is 0 Å². The maximum absolute atomic E-state index is 13.0. The smallest absolute Gasteiger partial charge is 0.341 e. The minimum absolute atomic E-state index is 0.0845. The number of thiophene rings is 1. The molecule has 3 aromatic heterocycles. The Hall–Kier alpha value is -2.70. The van der Waals surface area contributed by atoms with Crippen LogP contribution in [0.5, 0.6) is 0 Å². The molecule has 3 aromatic rings. The quantitative estimate of drug-likeness (QED) is 0.329. The molecule has 4 heterocycles. The Bertz CT molecular complexity index is 1240. The Morgan fingerprint density at radius 2 is 2.14 bits per heavy atom. The summed E-state index contributed by atoms with van der Waals surface area (Å²) < 4.78 is 14.9. The third-order valence-electron chi connectivity index (χ3n) is 6.31. The van der Waals surface area contributed by atoms with E-state index in [1.807, 2.05) is 23.9 Å². The zero-order valence-electron chi connectivity index (χ0n) is 20.5. The third kappa shape index (κ3) is 5.35. The second-order valence-corrected chi connectivity index (χ2v) is 10.9. The molecular formula is C24H30N6O4S2. The number of carbonyl (C=O) groups excluding carboxylic acids is 2. The van der Waals surface area contributed by atoms with E-state index in [9.17, 15) is 9.59 Å². The van der Waals surface area contributed by atoms with Gasteiger partial charge in [-0.1, -0.05) is 11.8 Å². The van der Waals surface area contributed by atoms with Crippen molar-refractivity contribution in [2.24, 2.45) is 7.05 Å². The molecule has 0 bridgehead atoms. The fourth-order valence-electron chi connectivity index (χ4n) is 4.64. The number of nitrogens with zero attached hydrogens (tertiary/aromatic N) is 5. The average molecular weight is 531 g/mol. The van der Waals surface area contributed by atoms with Crippen molar-refractivity contribution in [1.82, 2.24) is 24.5 Å². The van der Waals surface area contributed by atoms with E-state index in [1.165, 1.54) is 28.0 Å². The number of amides is 1. The molecule has 1 aliphatic carbocycles. The molecule has 1 aliphatic heterocycles. The highest BCUT2D eigenvalue weighted by atomic mass is 32.2. The maximum atomic E-state index is 13.0. The summed E-state index contributed by atoms with van der Waals surface area (Å²) >= 11 is 2.81. The highest BCUT2D eigenvalue weighted by Gasteiger charge is 2.28. The van der Waals surface area contributed by atoms with Gasteiger partial charge >= 0.3 is 5.97 Å². The van der Waals surface area contributed by atoms with E-state index in [0.717, 1.165) is 56.4 Å². The van der Waals surface area contributed by atoms with E-state index in [0.29, 0.717) is 34.7 Å². The average Bonchev–Trinajstić information content (AvgIpc) is 3.65. The summed E-state index contributed by atoms with van der Waals surface area (Å²) in [7, 11) is 1.86. The molecule has 1 saturated heterocycles. The van der Waals surface area contributed by atoms with Crippen molar-refractivity contribution >= 4 is 40.0 Å². The number of rotatable bonds is 9. The minimum Gasteiger partial charge on any atom is -0.462 e. The van der Waals surface area contributed by atoms with Crippen LogP contribution in [-0.4, -0.2) is 61.5 Å². The molecule has 36 heavy (non-hydrogen) atoms. The van der Waals surface area contributed by atoms with Crippen LogP contribution >= 0.6 is 23.1 Å². The Kier molecular flexibility index (Phi) is 7.73. The first-order valence-corrected chi connectivity index (χ1v) is 14.1. The van der Waals surface area contributed by atoms with Gasteiger partial charge in [0.25, 0.3) is 0 Å². The molecule has 0 aromatic carbocycles. The number of anilines is 1. The van der Waals surface area contributed by atoms with Gasteiger partial charge in [0.05, 0.1) is 30.6 Å². The summed E-state index contributed by atoms with van der Waals surface area (Å²) in [6.07, 6.45) is 7.86. The Morgan fingerprint density at radius 1 is 1.28 bits per heavy atom. The largest absolute Gasteiger partial charge is 0.462 e. The lowest BCUT2D eigenvalue weighted by Gasteiger charge is -2.14. The molecular weight excluding hydrogens is 500 g/mol. The van der Waals surface area contributed by atoms with Crippen LogP contribution in [0.1, 0.15) is 53.4 Å². The molecule has 192 valence electrons. The molecule has 2 aliphatic rings. The summed E-state index contributed by atoms with van der Waals surface area (Å²) in [6, 6.07) is 1.90. The lowest BCUT2D eigenvalue weighted by molar-refractivity contribution is -0.113. The predicted molar refractivity (Wildman–Crippen MR) is 137 cm³/mol. The summed E-state index contributed by atoms with van der Waals surface area (Å²) in [5.41, 5.74) is 2.28. The molecule has 0 saturated carbocycles. The first-order valence-electron chi connectivity index (χ1n) is 12.3. The van der Waals surface area contributed by atoms with Crippen molar-refractivity contribution < 1.29 is 19.1 Å². The standard InChI is InChI=1S/C24H30N6O4S2/c1-3-33-23(32)20-16-8-4-5-9-18(16)36-22(20)25-19(31)14-35-24-27-26-21(17-10-11-29(2)28-17)30(24)13-15-7-6-12-34-15/h10-11,15H,3-9,12-14H2,1-2H3,(H,25,31). The topological polar surface area (TPSA) is 113 Å². The first-order chi connectivity index (χ1) is 17.5. The summed E-state index contributed by atoms with van der Waals surface area (Å²) in [6.45, 7) is 3.45. The Balaban J connectivity index is 1.32. The maximum Gasteiger partial charge on any atom is 0.341 e. The molecule has 1 atom stereocenters. The lowest BCUT2D eigenvalue weighted by Crippen LogP contribution is -2.19. The number of aryl methyl sites for hydroxylation is 2. The molecule has 1 N–H and O–H groups in total. The first kappa shape index (κ1) is 25.0. The fourth-order valence-corrected chi connectivity index (χ4v) is 6.68. The number of hydrogen-bond acceptors (Lipinski definition) is 9. The van der Waals surface area contributed by atoms with Gasteiger partial charge in [0.1, 0.15) is 10.7 Å². The fraction of sp³-hybridized carbons (Fsp3) is 0.542. The Morgan fingerprint density at radius 3 is 2.89 bits per heavy atom. The van der Waals surface area contributed by atoms with E-state index in [-0.39, 0.29) is 23.7 Å². The van der Waals surface area contributed by atoms with E-state index < -0.39 is 0 Å². The van der Waals surface area contributed by atoms with Gasteiger partial charge in [-0.25, -0.2) is 4.79 Å². The second kappa shape index (κ2) is 11.1. The molecule has 1 fully saturated rings. The number of thioether (sulfide) groups is 1.